The van der Waals surface area contributed by atoms with Crippen LogP contribution in [-0.4, -0.2) is 17.5 Å². The Bertz CT molecular complexity index is 772. The van der Waals surface area contributed by atoms with Crippen molar-refractivity contribution in [1.82, 2.24) is 4.98 Å². The molecule has 1 heterocycles. The maximum Gasteiger partial charge on any atom is 0.241 e. The van der Waals surface area contributed by atoms with Gasteiger partial charge in [-0.2, -0.15) is 0 Å². The normalized spacial score (nSPS) is 11.6. The van der Waals surface area contributed by atoms with E-state index in [-0.39, 0.29) is 0 Å². The molecule has 0 saturated carbocycles. The van der Waals surface area contributed by atoms with Crippen LogP contribution in [0.4, 0.5) is 0 Å². The van der Waals surface area contributed by atoms with Gasteiger partial charge in [0.15, 0.2) is 0 Å². The van der Waals surface area contributed by atoms with Gasteiger partial charge in [-0.3, -0.25) is 4.79 Å². The van der Waals surface area contributed by atoms with Crippen molar-refractivity contribution in [3.8, 4) is 5.88 Å². The highest BCUT2D eigenvalue weighted by atomic mass is 79.9. The van der Waals surface area contributed by atoms with Crippen molar-refractivity contribution in [3.63, 3.8) is 0 Å². The van der Waals surface area contributed by atoms with E-state index in [0.29, 0.717) is 12.5 Å². The van der Waals surface area contributed by atoms with E-state index in [1.165, 1.54) is 18.9 Å². The molecule has 0 aliphatic heterocycles. The van der Waals surface area contributed by atoms with Crippen LogP contribution in [0.2, 0.25) is 0 Å². The largest absolute Gasteiger partial charge is 0.478 e. The number of halogens is 1. The SMILES string of the molecule is NC(=O)C=CC=CCCCCCCCOc1ccc2cc(Br)ccc2n1. The predicted molar refractivity (Wildman–Crippen MR) is 110 cm³/mol. The lowest BCUT2D eigenvalue weighted by molar-refractivity contribution is -0.113. The third kappa shape index (κ3) is 7.83. The van der Waals surface area contributed by atoms with E-state index in [1.807, 2.05) is 30.3 Å². The summed E-state index contributed by atoms with van der Waals surface area (Å²) in [7, 11) is 0. The molecule has 0 saturated heterocycles. The molecule has 2 rings (SSSR count). The Morgan fingerprint density at radius 2 is 1.88 bits per heavy atom. The number of amides is 1. The Balaban J connectivity index is 1.54. The number of allylic oxidation sites excluding steroid dienone is 3. The van der Waals surface area contributed by atoms with Crippen molar-refractivity contribution < 1.29 is 9.53 Å². The molecule has 0 radical (unpaired) electrons. The number of ether oxygens (including phenoxy) is 1. The van der Waals surface area contributed by atoms with E-state index in [1.54, 1.807) is 6.08 Å². The zero-order chi connectivity index (χ0) is 18.6. The summed E-state index contributed by atoms with van der Waals surface area (Å²) in [5.41, 5.74) is 5.95. The lowest BCUT2D eigenvalue weighted by Gasteiger charge is -2.06. The topological polar surface area (TPSA) is 65.2 Å². The van der Waals surface area contributed by atoms with Crippen molar-refractivity contribution in [3.05, 3.63) is 59.1 Å². The number of nitrogens with two attached hydrogens (primary N) is 1. The van der Waals surface area contributed by atoms with Gasteiger partial charge in [0.05, 0.1) is 12.1 Å². The Morgan fingerprint density at radius 3 is 2.73 bits per heavy atom. The van der Waals surface area contributed by atoms with E-state index < -0.39 is 5.91 Å². The summed E-state index contributed by atoms with van der Waals surface area (Å²) in [5.74, 6) is 0.276. The summed E-state index contributed by atoms with van der Waals surface area (Å²) < 4.78 is 6.81. The summed E-state index contributed by atoms with van der Waals surface area (Å²) in [4.78, 5) is 15.0. The molecule has 1 amide bonds. The molecule has 1 aromatic carbocycles. The minimum Gasteiger partial charge on any atom is -0.478 e. The van der Waals surface area contributed by atoms with Crippen LogP contribution in [0.3, 0.4) is 0 Å². The Kier molecular flexibility index (Phi) is 8.90. The number of nitrogens with zero attached hydrogens (tertiary/aromatic N) is 1. The lowest BCUT2D eigenvalue weighted by Crippen LogP contribution is -2.04. The summed E-state index contributed by atoms with van der Waals surface area (Å²) >= 11 is 3.47. The first-order chi connectivity index (χ1) is 12.6. The monoisotopic (exact) mass is 416 g/mol. The van der Waals surface area contributed by atoms with Crippen molar-refractivity contribution in [2.45, 2.75) is 38.5 Å². The number of benzene rings is 1. The van der Waals surface area contributed by atoms with Crippen LogP contribution >= 0.6 is 15.9 Å². The van der Waals surface area contributed by atoms with Crippen LogP contribution in [0.1, 0.15) is 38.5 Å². The molecule has 2 aromatic rings. The van der Waals surface area contributed by atoms with Crippen LogP contribution in [0.25, 0.3) is 10.9 Å². The van der Waals surface area contributed by atoms with Crippen LogP contribution in [0.5, 0.6) is 5.88 Å². The van der Waals surface area contributed by atoms with Crippen LogP contribution < -0.4 is 10.5 Å². The van der Waals surface area contributed by atoms with Gasteiger partial charge in [0.1, 0.15) is 0 Å². The fourth-order valence-corrected chi connectivity index (χ4v) is 2.93. The zero-order valence-corrected chi connectivity index (χ0v) is 16.5. The molecule has 1 aromatic heterocycles. The van der Waals surface area contributed by atoms with Crippen LogP contribution in [-0.2, 0) is 4.79 Å². The molecule has 0 atom stereocenters. The van der Waals surface area contributed by atoms with E-state index in [4.69, 9.17) is 10.5 Å². The lowest BCUT2D eigenvalue weighted by atomic mass is 10.1. The highest BCUT2D eigenvalue weighted by molar-refractivity contribution is 9.10. The number of pyridine rings is 1. The third-order valence-electron chi connectivity index (χ3n) is 3.90. The van der Waals surface area contributed by atoms with Crippen molar-refractivity contribution in [2.24, 2.45) is 5.73 Å². The average Bonchev–Trinajstić information content (AvgIpc) is 2.62. The second-order valence-electron chi connectivity index (χ2n) is 6.08. The minimum absolute atomic E-state index is 0.413. The van der Waals surface area contributed by atoms with E-state index >= 15 is 0 Å². The maximum absolute atomic E-state index is 10.5. The number of hydrogen-bond acceptors (Lipinski definition) is 3. The fourth-order valence-electron chi connectivity index (χ4n) is 2.55. The number of primary amides is 1. The number of carbonyl (C=O) groups is 1. The predicted octanol–water partition coefficient (Wildman–Crippen LogP) is 5.31. The maximum atomic E-state index is 10.5. The van der Waals surface area contributed by atoms with Gasteiger partial charge in [-0.1, -0.05) is 53.4 Å². The van der Waals surface area contributed by atoms with Gasteiger partial charge in [0, 0.05) is 22.0 Å². The van der Waals surface area contributed by atoms with Crippen LogP contribution in [0.15, 0.2) is 59.1 Å². The highest BCUT2D eigenvalue weighted by Gasteiger charge is 2.00. The molecular formula is C21H25BrN2O2. The van der Waals surface area contributed by atoms with Gasteiger partial charge < -0.3 is 10.5 Å². The van der Waals surface area contributed by atoms with Gasteiger partial charge >= 0.3 is 0 Å². The highest BCUT2D eigenvalue weighted by Crippen LogP contribution is 2.21. The van der Waals surface area contributed by atoms with Gasteiger partial charge in [0.2, 0.25) is 11.8 Å². The zero-order valence-electron chi connectivity index (χ0n) is 14.9. The quantitative estimate of drug-likeness (QED) is 0.306. The van der Waals surface area contributed by atoms with Gasteiger partial charge in [-0.15, -0.1) is 0 Å². The smallest absolute Gasteiger partial charge is 0.241 e. The Labute approximate surface area is 163 Å². The second kappa shape index (κ2) is 11.5. The second-order valence-corrected chi connectivity index (χ2v) is 7.00. The first-order valence-electron chi connectivity index (χ1n) is 8.97. The van der Waals surface area contributed by atoms with Crippen molar-refractivity contribution in [1.29, 1.82) is 0 Å². The molecular weight excluding hydrogens is 392 g/mol. The number of carbonyl (C=O) groups excluding carboxylic acids is 1. The first kappa shape index (κ1) is 20.2. The molecule has 0 unspecified atom stereocenters. The van der Waals surface area contributed by atoms with Crippen molar-refractivity contribution in [2.75, 3.05) is 6.61 Å². The molecule has 0 fully saturated rings. The van der Waals surface area contributed by atoms with E-state index in [0.717, 1.165) is 41.1 Å². The summed E-state index contributed by atoms with van der Waals surface area (Å²) in [5, 5.41) is 1.10. The molecule has 2 N–H and O–H groups in total. The number of unbranched alkanes of at least 4 members (excludes halogenated alkanes) is 5. The Morgan fingerprint density at radius 1 is 1.08 bits per heavy atom. The van der Waals surface area contributed by atoms with Crippen LogP contribution in [0, 0.1) is 0 Å². The molecule has 0 bridgehead atoms. The van der Waals surface area contributed by atoms with E-state index in [2.05, 4.69) is 33.1 Å². The molecule has 4 nitrogen and oxygen atoms in total. The molecule has 0 aliphatic carbocycles. The summed E-state index contributed by atoms with van der Waals surface area (Å²) in [6.07, 6.45) is 13.8. The summed E-state index contributed by atoms with van der Waals surface area (Å²) in [6, 6.07) is 9.99. The molecule has 0 spiro atoms. The van der Waals surface area contributed by atoms with Crippen molar-refractivity contribution >= 4 is 32.7 Å². The van der Waals surface area contributed by atoms with Gasteiger partial charge in [-0.25, -0.2) is 4.98 Å². The molecule has 5 heteroatoms. The number of rotatable bonds is 11. The molecule has 0 aliphatic rings. The first-order valence-corrected chi connectivity index (χ1v) is 9.76. The third-order valence-corrected chi connectivity index (χ3v) is 4.39. The minimum atomic E-state index is -0.413. The Hall–Kier alpha value is -2.14. The molecule has 138 valence electrons. The van der Waals surface area contributed by atoms with E-state index in [9.17, 15) is 4.79 Å². The van der Waals surface area contributed by atoms with Gasteiger partial charge in [-0.05, 0) is 43.5 Å². The fraction of sp³-hybridized carbons (Fsp3) is 0.333. The summed E-state index contributed by atoms with van der Waals surface area (Å²) in [6.45, 7) is 0.701. The molecule has 26 heavy (non-hydrogen) atoms. The number of hydrogen-bond donors (Lipinski definition) is 1. The average molecular weight is 417 g/mol. The standard InChI is InChI=1S/C21H25BrN2O2/c22-18-12-13-19-17(16-18)11-14-21(24-19)26-15-9-7-5-3-1-2-4-6-8-10-20(23)25/h4,6,8,10-14,16H,1-3,5,7,9,15H2,(H2,23,25). The number of aromatic nitrogens is 1. The number of fused-ring (bicyclic) bond motifs is 1. The van der Waals surface area contributed by atoms with Gasteiger partial charge in [0.25, 0.3) is 0 Å².